The highest BCUT2D eigenvalue weighted by Gasteiger charge is 2.28. The monoisotopic (exact) mass is 499 g/mol. The Bertz CT molecular complexity index is 1420. The lowest BCUT2D eigenvalue weighted by Crippen LogP contribution is -2.43. The van der Waals surface area contributed by atoms with Gasteiger partial charge in [0.1, 0.15) is 11.6 Å². The predicted octanol–water partition coefficient (Wildman–Crippen LogP) is 6.67. The minimum atomic E-state index is -0.361. The summed E-state index contributed by atoms with van der Waals surface area (Å²) in [5.41, 5.74) is 6.38. The fourth-order valence-electron chi connectivity index (χ4n) is 4.81. The molecule has 2 N–H and O–H groups in total. The molecule has 3 heterocycles. The number of anilines is 3. The fourth-order valence-corrected chi connectivity index (χ4v) is 5.03. The summed E-state index contributed by atoms with van der Waals surface area (Å²) in [6.07, 6.45) is 6.09. The van der Waals surface area contributed by atoms with Gasteiger partial charge in [-0.05, 0) is 77.9 Å². The van der Waals surface area contributed by atoms with Crippen molar-refractivity contribution in [1.29, 1.82) is 0 Å². The van der Waals surface area contributed by atoms with Crippen molar-refractivity contribution >= 4 is 45.3 Å². The van der Waals surface area contributed by atoms with Crippen molar-refractivity contribution in [3.05, 3.63) is 83.9 Å². The molecule has 0 bridgehead atoms. The first-order valence-electron chi connectivity index (χ1n) is 12.3. The molecular formula is C29H27ClFN5. The van der Waals surface area contributed by atoms with E-state index in [4.69, 9.17) is 21.6 Å². The summed E-state index contributed by atoms with van der Waals surface area (Å²) in [4.78, 5) is 11.7. The maximum absolute atomic E-state index is 14.1. The topological polar surface area (TPSA) is 53.1 Å². The van der Waals surface area contributed by atoms with Crippen molar-refractivity contribution < 1.29 is 4.39 Å². The molecule has 2 aromatic carbocycles. The van der Waals surface area contributed by atoms with Gasteiger partial charge >= 0.3 is 0 Å². The minimum absolute atomic E-state index is 0.361. The van der Waals surface area contributed by atoms with Gasteiger partial charge in [0.15, 0.2) is 0 Å². The third-order valence-corrected chi connectivity index (χ3v) is 7.16. The first-order chi connectivity index (χ1) is 17.5. The van der Waals surface area contributed by atoms with E-state index in [1.54, 1.807) is 6.07 Å². The Morgan fingerprint density at radius 2 is 1.83 bits per heavy atom. The molecular weight excluding hydrogens is 473 g/mol. The van der Waals surface area contributed by atoms with Crippen LogP contribution in [0.4, 0.5) is 21.6 Å². The van der Waals surface area contributed by atoms with Crippen molar-refractivity contribution in [2.45, 2.75) is 12.8 Å². The number of pyridine rings is 2. The molecule has 2 aliphatic rings. The summed E-state index contributed by atoms with van der Waals surface area (Å²) < 4.78 is 14.1. The molecule has 182 valence electrons. The van der Waals surface area contributed by atoms with E-state index in [-0.39, 0.29) is 5.82 Å². The van der Waals surface area contributed by atoms with Gasteiger partial charge in [-0.3, -0.25) is 4.98 Å². The van der Waals surface area contributed by atoms with Gasteiger partial charge in [0, 0.05) is 48.3 Å². The molecule has 7 heteroatoms. The Labute approximate surface area is 215 Å². The highest BCUT2D eigenvalue weighted by molar-refractivity contribution is 6.30. The van der Waals surface area contributed by atoms with E-state index in [0.717, 1.165) is 89.4 Å². The van der Waals surface area contributed by atoms with Crippen LogP contribution >= 0.6 is 11.6 Å². The minimum Gasteiger partial charge on any atom is -0.354 e. The summed E-state index contributed by atoms with van der Waals surface area (Å²) in [5.74, 6) is 1.11. The summed E-state index contributed by atoms with van der Waals surface area (Å²) in [7, 11) is 0. The number of fused-ring (bicyclic) bond motifs is 1. The molecule has 0 atom stereocenters. The smallest absolute Gasteiger partial charge is 0.128 e. The lowest BCUT2D eigenvalue weighted by Gasteiger charge is -2.28. The molecule has 1 aliphatic carbocycles. The number of nitrogens with zero attached hydrogens (tertiary/aromatic N) is 3. The van der Waals surface area contributed by atoms with E-state index < -0.39 is 0 Å². The highest BCUT2D eigenvalue weighted by atomic mass is 35.5. The first-order valence-corrected chi connectivity index (χ1v) is 12.7. The molecule has 0 amide bonds. The molecule has 2 fully saturated rings. The van der Waals surface area contributed by atoms with E-state index in [0.29, 0.717) is 10.9 Å². The molecule has 1 saturated carbocycles. The van der Waals surface area contributed by atoms with Crippen LogP contribution in [0.5, 0.6) is 0 Å². The second-order valence-electron chi connectivity index (χ2n) is 9.50. The van der Waals surface area contributed by atoms with Crippen LogP contribution in [-0.4, -0.2) is 36.1 Å². The lowest BCUT2D eigenvalue weighted by atomic mass is 9.97. The van der Waals surface area contributed by atoms with Crippen LogP contribution in [0.2, 0.25) is 5.02 Å². The number of hydrogen-bond donors (Lipinski definition) is 2. The molecule has 1 saturated heterocycles. The van der Waals surface area contributed by atoms with Crippen molar-refractivity contribution in [2.24, 2.45) is 5.92 Å². The normalized spacial score (nSPS) is 15.8. The SMILES string of the molecule is C=C(c1cnc2ccc(-c3cc(F)cc(Cl)c3)cc2c1Nc1ccc(N2CCNCC2)nc1)C1CC1. The van der Waals surface area contributed by atoms with Gasteiger partial charge in [-0.2, -0.15) is 0 Å². The third kappa shape index (κ3) is 4.66. The van der Waals surface area contributed by atoms with Gasteiger partial charge in [0.05, 0.1) is 23.1 Å². The van der Waals surface area contributed by atoms with Crippen LogP contribution in [0.1, 0.15) is 18.4 Å². The molecule has 36 heavy (non-hydrogen) atoms. The average Bonchev–Trinajstić information content (AvgIpc) is 3.74. The highest BCUT2D eigenvalue weighted by Crippen LogP contribution is 2.45. The van der Waals surface area contributed by atoms with Crippen molar-refractivity contribution in [3.8, 4) is 11.1 Å². The van der Waals surface area contributed by atoms with Crippen molar-refractivity contribution in [1.82, 2.24) is 15.3 Å². The van der Waals surface area contributed by atoms with Gasteiger partial charge in [-0.15, -0.1) is 0 Å². The number of piperazine rings is 1. The molecule has 0 radical (unpaired) electrons. The Hall–Kier alpha value is -3.48. The largest absolute Gasteiger partial charge is 0.354 e. The van der Waals surface area contributed by atoms with E-state index in [9.17, 15) is 4.39 Å². The number of halogens is 2. The number of allylic oxidation sites excluding steroid dienone is 1. The molecule has 5 nitrogen and oxygen atoms in total. The average molecular weight is 500 g/mol. The van der Waals surface area contributed by atoms with E-state index in [1.165, 1.54) is 12.1 Å². The van der Waals surface area contributed by atoms with Crippen LogP contribution in [0.3, 0.4) is 0 Å². The zero-order valence-corrected chi connectivity index (χ0v) is 20.7. The summed E-state index contributed by atoms with van der Waals surface area (Å²) in [6, 6.07) is 14.7. The Morgan fingerprint density at radius 3 is 2.56 bits per heavy atom. The second kappa shape index (κ2) is 9.52. The number of nitrogens with one attached hydrogen (secondary N) is 2. The summed E-state index contributed by atoms with van der Waals surface area (Å²) in [5, 5.41) is 8.30. The molecule has 0 spiro atoms. The maximum atomic E-state index is 14.1. The number of benzene rings is 2. The van der Waals surface area contributed by atoms with Crippen LogP contribution < -0.4 is 15.5 Å². The standard InChI is InChI=1S/C29H27ClFN5/c1-18(19-2-3-19)26-17-33-27-6-4-20(21-12-22(30)15-23(31)13-21)14-25(27)29(26)35-24-5-7-28(34-16-24)36-10-8-32-9-11-36/h4-7,12-17,19,32H,1-3,8-11H2,(H,33,35). The fraction of sp³-hybridized carbons (Fsp3) is 0.241. The Morgan fingerprint density at radius 1 is 1.00 bits per heavy atom. The van der Waals surface area contributed by atoms with E-state index in [2.05, 4.69) is 34.2 Å². The van der Waals surface area contributed by atoms with E-state index in [1.807, 2.05) is 30.6 Å². The number of hydrogen-bond acceptors (Lipinski definition) is 5. The van der Waals surface area contributed by atoms with Crippen LogP contribution in [0, 0.1) is 11.7 Å². The molecule has 4 aromatic rings. The Balaban J connectivity index is 1.42. The van der Waals surface area contributed by atoms with Gasteiger partial charge < -0.3 is 15.5 Å². The molecule has 1 aliphatic heterocycles. The number of aromatic nitrogens is 2. The molecule has 6 rings (SSSR count). The predicted molar refractivity (Wildman–Crippen MR) is 147 cm³/mol. The van der Waals surface area contributed by atoms with Gasteiger partial charge in [0.2, 0.25) is 0 Å². The quantitative estimate of drug-likeness (QED) is 0.310. The van der Waals surface area contributed by atoms with Crippen LogP contribution in [0.25, 0.3) is 27.6 Å². The molecule has 2 aromatic heterocycles. The maximum Gasteiger partial charge on any atom is 0.128 e. The van der Waals surface area contributed by atoms with Crippen molar-refractivity contribution in [2.75, 3.05) is 36.4 Å². The van der Waals surface area contributed by atoms with Gasteiger partial charge in [0.25, 0.3) is 0 Å². The summed E-state index contributed by atoms with van der Waals surface area (Å²) >= 11 is 6.14. The van der Waals surface area contributed by atoms with Crippen LogP contribution in [-0.2, 0) is 0 Å². The van der Waals surface area contributed by atoms with Crippen molar-refractivity contribution in [3.63, 3.8) is 0 Å². The first kappa shape index (κ1) is 23.0. The van der Waals surface area contributed by atoms with Gasteiger partial charge in [-0.1, -0.05) is 24.2 Å². The van der Waals surface area contributed by atoms with Crippen LogP contribution in [0.15, 0.2) is 67.5 Å². The third-order valence-electron chi connectivity index (χ3n) is 6.94. The second-order valence-corrected chi connectivity index (χ2v) is 9.94. The van der Waals surface area contributed by atoms with E-state index >= 15 is 0 Å². The number of rotatable bonds is 6. The summed E-state index contributed by atoms with van der Waals surface area (Å²) in [6.45, 7) is 8.24. The molecule has 0 unspecified atom stereocenters. The zero-order chi connectivity index (χ0) is 24.6. The lowest BCUT2D eigenvalue weighted by molar-refractivity contribution is 0.585. The van der Waals surface area contributed by atoms with Gasteiger partial charge in [-0.25, -0.2) is 9.37 Å². The zero-order valence-electron chi connectivity index (χ0n) is 19.9. The Kier molecular flexibility index (Phi) is 6.07.